The lowest BCUT2D eigenvalue weighted by atomic mass is 9.78. The van der Waals surface area contributed by atoms with Gasteiger partial charge in [0, 0.05) is 5.46 Å². The first-order valence-electron chi connectivity index (χ1n) is 9.96. The summed E-state index contributed by atoms with van der Waals surface area (Å²) in [5, 5.41) is 0. The van der Waals surface area contributed by atoms with Crippen molar-refractivity contribution < 1.29 is 70.4 Å². The van der Waals surface area contributed by atoms with E-state index in [1.807, 2.05) is 31.3 Å². The van der Waals surface area contributed by atoms with E-state index >= 15 is 0 Å². The molecule has 10 nitrogen and oxygen atoms in total. The van der Waals surface area contributed by atoms with Crippen LogP contribution in [0.15, 0.2) is 18.2 Å². The van der Waals surface area contributed by atoms with Crippen molar-refractivity contribution in [3.8, 4) is 5.75 Å². The Kier molecular flexibility index (Phi) is 9.75. The Balaban J connectivity index is 0.000000401. The SMILES string of the molecule is CCOC(=O)c1ccc(B2OC(C)(C)C(C)(C)O2)c(OC)c1.O=S(=O)(OS(=O)(=O)C(F)(F)F)C(F)(F)F. The summed E-state index contributed by atoms with van der Waals surface area (Å²) in [6, 6.07) is 5.13. The lowest BCUT2D eigenvalue weighted by Gasteiger charge is -2.32. The van der Waals surface area contributed by atoms with Crippen LogP contribution in [0.1, 0.15) is 45.0 Å². The van der Waals surface area contributed by atoms with Gasteiger partial charge in [-0.1, -0.05) is 6.07 Å². The van der Waals surface area contributed by atoms with Gasteiger partial charge in [-0.15, -0.1) is 3.63 Å². The number of ether oxygens (including phenoxy) is 2. The van der Waals surface area contributed by atoms with Gasteiger partial charge in [0.25, 0.3) is 0 Å². The Labute approximate surface area is 209 Å². The van der Waals surface area contributed by atoms with Crippen molar-refractivity contribution in [1.29, 1.82) is 0 Å². The van der Waals surface area contributed by atoms with E-state index in [2.05, 4.69) is 0 Å². The largest absolute Gasteiger partial charge is 0.524 e. The summed E-state index contributed by atoms with van der Waals surface area (Å²) in [7, 11) is -12.7. The van der Waals surface area contributed by atoms with Crippen molar-refractivity contribution in [2.75, 3.05) is 13.7 Å². The van der Waals surface area contributed by atoms with Gasteiger partial charge in [0.1, 0.15) is 5.75 Å². The fourth-order valence-corrected chi connectivity index (χ4v) is 3.97. The third kappa shape index (κ3) is 7.71. The topological polar surface area (TPSA) is 132 Å². The second kappa shape index (κ2) is 11.0. The van der Waals surface area contributed by atoms with Gasteiger partial charge in [-0.2, -0.15) is 43.2 Å². The Morgan fingerprint density at radius 3 is 1.70 bits per heavy atom. The first-order valence-corrected chi connectivity index (χ1v) is 12.8. The van der Waals surface area contributed by atoms with E-state index in [0.717, 1.165) is 5.46 Å². The van der Waals surface area contributed by atoms with Crippen molar-refractivity contribution >= 4 is 38.8 Å². The normalized spacial score (nSPS) is 17.6. The zero-order valence-corrected chi connectivity index (χ0v) is 21.8. The molecule has 0 saturated carbocycles. The van der Waals surface area contributed by atoms with Crippen molar-refractivity contribution in [2.24, 2.45) is 0 Å². The minimum atomic E-state index is -6.85. The lowest BCUT2D eigenvalue weighted by molar-refractivity contribution is -0.0585. The van der Waals surface area contributed by atoms with Gasteiger partial charge in [-0.3, -0.25) is 0 Å². The molecular formula is C18H23BF6O10S2. The molecule has 0 radical (unpaired) electrons. The summed E-state index contributed by atoms with van der Waals surface area (Å²) in [4.78, 5) is 11.8. The number of benzene rings is 1. The molecule has 2 rings (SSSR count). The third-order valence-electron chi connectivity index (χ3n) is 5.00. The van der Waals surface area contributed by atoms with Gasteiger partial charge in [-0.25, -0.2) is 4.79 Å². The molecule has 0 N–H and O–H groups in total. The molecule has 1 aliphatic heterocycles. The quantitative estimate of drug-likeness (QED) is 0.212. The van der Waals surface area contributed by atoms with E-state index in [0.29, 0.717) is 17.9 Å². The number of halogens is 6. The molecule has 1 aromatic rings. The highest BCUT2D eigenvalue weighted by Gasteiger charge is 2.57. The summed E-state index contributed by atoms with van der Waals surface area (Å²) in [5.41, 5.74) is -12.2. The zero-order valence-electron chi connectivity index (χ0n) is 20.2. The standard InChI is InChI=1S/C16H23BO5.C2F6O5S2/c1-7-20-14(18)11-8-9-12(13(10-11)19-6)17-21-15(2,3)16(4,5)22-17;3-1(4,5)14(9,10)13-15(11,12)2(6,7)8/h8-10H,7H2,1-6H3;. The minimum absolute atomic E-state index is 0.333. The van der Waals surface area contributed by atoms with E-state index in [1.54, 1.807) is 32.2 Å². The Bertz CT molecular complexity index is 1140. The van der Waals surface area contributed by atoms with E-state index < -0.39 is 49.6 Å². The van der Waals surface area contributed by atoms with Crippen molar-refractivity contribution in [3.63, 3.8) is 0 Å². The number of methoxy groups -OCH3 is 1. The molecule has 0 bridgehead atoms. The average molecular weight is 588 g/mol. The van der Waals surface area contributed by atoms with Crippen molar-refractivity contribution in [3.05, 3.63) is 23.8 Å². The van der Waals surface area contributed by atoms with E-state index in [-0.39, 0.29) is 5.97 Å². The molecule has 0 spiro atoms. The average Bonchev–Trinajstić information content (AvgIpc) is 2.92. The van der Waals surface area contributed by atoms with Crippen LogP contribution in [0, 0.1) is 0 Å². The monoisotopic (exact) mass is 588 g/mol. The summed E-state index contributed by atoms with van der Waals surface area (Å²) >= 11 is 0. The van der Waals surface area contributed by atoms with Gasteiger partial charge in [0.15, 0.2) is 0 Å². The smallest absolute Gasteiger partial charge is 0.497 e. The Morgan fingerprint density at radius 1 is 0.919 bits per heavy atom. The first kappa shape index (κ1) is 32.9. The molecule has 1 aliphatic rings. The van der Waals surface area contributed by atoms with E-state index in [1.165, 1.54) is 0 Å². The molecule has 1 saturated heterocycles. The summed E-state index contributed by atoms with van der Waals surface area (Å²) in [6.45, 7) is 10.1. The minimum Gasteiger partial charge on any atom is -0.497 e. The number of hydrogen-bond donors (Lipinski definition) is 0. The maximum atomic E-state index is 11.8. The Morgan fingerprint density at radius 2 is 1.35 bits per heavy atom. The maximum Gasteiger partial charge on any atom is 0.524 e. The van der Waals surface area contributed by atoms with Crippen LogP contribution in [0.3, 0.4) is 0 Å². The third-order valence-corrected chi connectivity index (χ3v) is 7.57. The van der Waals surface area contributed by atoms with Gasteiger partial charge < -0.3 is 18.8 Å². The summed E-state index contributed by atoms with van der Waals surface area (Å²) in [6.07, 6.45) is 0. The Hall–Kier alpha value is -2.09. The summed E-state index contributed by atoms with van der Waals surface area (Å²) < 4.78 is 132. The van der Waals surface area contributed by atoms with Crippen LogP contribution in [0.2, 0.25) is 0 Å². The highest BCUT2D eigenvalue weighted by Crippen LogP contribution is 2.37. The fraction of sp³-hybridized carbons (Fsp3) is 0.611. The predicted octanol–water partition coefficient (Wildman–Crippen LogP) is 2.87. The van der Waals surface area contributed by atoms with Crippen LogP contribution in [0.5, 0.6) is 5.75 Å². The van der Waals surface area contributed by atoms with E-state index in [9.17, 15) is 48.0 Å². The number of rotatable bonds is 6. The van der Waals surface area contributed by atoms with Gasteiger partial charge in [-0.05, 0) is 46.8 Å². The molecule has 0 aliphatic carbocycles. The zero-order chi connectivity index (χ0) is 29.3. The number of carbonyl (C=O) groups is 1. The predicted molar refractivity (Wildman–Crippen MR) is 116 cm³/mol. The van der Waals surface area contributed by atoms with Crippen LogP contribution in [-0.2, 0) is 37.9 Å². The maximum absolute atomic E-state index is 11.8. The number of alkyl halides is 6. The van der Waals surface area contributed by atoms with Crippen LogP contribution < -0.4 is 10.2 Å². The second-order valence-electron chi connectivity index (χ2n) is 8.13. The van der Waals surface area contributed by atoms with Crippen LogP contribution in [0.25, 0.3) is 0 Å². The number of hydrogen-bond acceptors (Lipinski definition) is 10. The molecule has 0 atom stereocenters. The molecule has 37 heavy (non-hydrogen) atoms. The molecule has 0 amide bonds. The molecule has 212 valence electrons. The summed E-state index contributed by atoms with van der Waals surface area (Å²) in [5.74, 6) is 0.172. The lowest BCUT2D eigenvalue weighted by Crippen LogP contribution is -2.41. The van der Waals surface area contributed by atoms with Gasteiger partial charge >= 0.3 is 44.3 Å². The fourth-order valence-electron chi connectivity index (χ4n) is 2.41. The second-order valence-corrected chi connectivity index (χ2v) is 11.4. The highest BCUT2D eigenvalue weighted by atomic mass is 32.3. The van der Waals surface area contributed by atoms with Crippen molar-refractivity contribution in [2.45, 2.75) is 56.8 Å². The molecule has 1 aromatic carbocycles. The molecule has 0 aromatic heterocycles. The molecule has 1 fully saturated rings. The number of esters is 1. The highest BCUT2D eigenvalue weighted by molar-refractivity contribution is 8.00. The first-order chi connectivity index (χ1) is 16.4. The van der Waals surface area contributed by atoms with Gasteiger partial charge in [0.05, 0.1) is 30.5 Å². The molecule has 0 unspecified atom stereocenters. The van der Waals surface area contributed by atoms with E-state index in [4.69, 9.17) is 18.8 Å². The molecule has 1 heterocycles. The van der Waals surface area contributed by atoms with Crippen LogP contribution in [0.4, 0.5) is 26.3 Å². The van der Waals surface area contributed by atoms with Crippen LogP contribution >= 0.6 is 0 Å². The number of carbonyl (C=O) groups excluding carboxylic acids is 1. The van der Waals surface area contributed by atoms with Crippen LogP contribution in [-0.4, -0.2) is 65.9 Å². The molecule has 19 heteroatoms. The molecular weight excluding hydrogens is 565 g/mol. The van der Waals surface area contributed by atoms with Gasteiger partial charge in [0.2, 0.25) is 0 Å². The van der Waals surface area contributed by atoms with Crippen molar-refractivity contribution in [1.82, 2.24) is 0 Å².